The summed E-state index contributed by atoms with van der Waals surface area (Å²) in [6, 6.07) is 0.0902. The quantitative estimate of drug-likeness (QED) is 0.342. The summed E-state index contributed by atoms with van der Waals surface area (Å²) in [6.07, 6.45) is -0.238. The molecule has 0 aliphatic heterocycles. The van der Waals surface area contributed by atoms with Crippen molar-refractivity contribution in [1.82, 2.24) is 5.01 Å². The van der Waals surface area contributed by atoms with Gasteiger partial charge in [-0.1, -0.05) is 0 Å². The molecule has 4 nitrogen and oxygen atoms in total. The fourth-order valence-corrected chi connectivity index (χ4v) is 0.689. The lowest BCUT2D eigenvalue weighted by Gasteiger charge is -2.24. The molecule has 0 saturated heterocycles. The van der Waals surface area contributed by atoms with Crippen LogP contribution in [0.4, 0.5) is 0 Å². The van der Waals surface area contributed by atoms with E-state index in [0.29, 0.717) is 0 Å². The number of nitroso groups, excluding NO2 is 1. The van der Waals surface area contributed by atoms with Crippen LogP contribution in [-0.4, -0.2) is 24.4 Å². The van der Waals surface area contributed by atoms with Gasteiger partial charge in [0, 0.05) is 13.2 Å². The van der Waals surface area contributed by atoms with Crippen molar-refractivity contribution in [3.8, 4) is 0 Å². The smallest absolute Gasteiger partial charge is 0.146 e. The lowest BCUT2D eigenvalue weighted by Crippen LogP contribution is -2.34. The molecule has 1 unspecified atom stereocenters. The second kappa shape index (κ2) is 4.22. The minimum atomic E-state index is -0.238. The van der Waals surface area contributed by atoms with Gasteiger partial charge in [0.25, 0.3) is 0 Å². The molecule has 0 heterocycles. The van der Waals surface area contributed by atoms with Crippen molar-refractivity contribution in [2.24, 2.45) is 5.29 Å². The van der Waals surface area contributed by atoms with Crippen molar-refractivity contribution in [2.45, 2.75) is 33.0 Å². The summed E-state index contributed by atoms with van der Waals surface area (Å²) in [6.45, 7) is 5.55. The van der Waals surface area contributed by atoms with E-state index in [0.717, 1.165) is 0 Å². The molecule has 4 heteroatoms. The minimum absolute atomic E-state index is 0.0902. The number of ether oxygens (including phenoxy) is 1. The van der Waals surface area contributed by atoms with Crippen LogP contribution in [0, 0.1) is 4.91 Å². The first-order valence-corrected chi connectivity index (χ1v) is 3.27. The van der Waals surface area contributed by atoms with Crippen LogP contribution in [0.2, 0.25) is 0 Å². The predicted molar refractivity (Wildman–Crippen MR) is 39.2 cm³/mol. The molecule has 0 amide bonds. The van der Waals surface area contributed by atoms with Crippen LogP contribution in [0.25, 0.3) is 0 Å². The Kier molecular flexibility index (Phi) is 3.95. The van der Waals surface area contributed by atoms with E-state index in [-0.39, 0.29) is 12.3 Å². The van der Waals surface area contributed by atoms with Crippen molar-refractivity contribution in [3.05, 3.63) is 4.91 Å². The lowest BCUT2D eigenvalue weighted by molar-refractivity contribution is -0.0358. The van der Waals surface area contributed by atoms with Crippen molar-refractivity contribution in [2.75, 3.05) is 7.11 Å². The largest absolute Gasteiger partial charge is 0.360 e. The summed E-state index contributed by atoms with van der Waals surface area (Å²) < 4.78 is 4.90. The first-order valence-electron chi connectivity index (χ1n) is 3.27. The van der Waals surface area contributed by atoms with Crippen molar-refractivity contribution in [3.63, 3.8) is 0 Å². The average molecular weight is 146 g/mol. The molecule has 10 heavy (non-hydrogen) atoms. The zero-order chi connectivity index (χ0) is 8.15. The maximum Gasteiger partial charge on any atom is 0.146 e. The van der Waals surface area contributed by atoms with Crippen LogP contribution in [0.1, 0.15) is 20.8 Å². The SMILES string of the molecule is COC(C)N(N=O)C(C)C. The number of rotatable bonds is 4. The summed E-state index contributed by atoms with van der Waals surface area (Å²) in [5, 5.41) is 4.18. The van der Waals surface area contributed by atoms with Gasteiger partial charge in [0.1, 0.15) is 6.23 Å². The highest BCUT2D eigenvalue weighted by Crippen LogP contribution is 2.05. The molecule has 0 bridgehead atoms. The van der Waals surface area contributed by atoms with E-state index in [9.17, 15) is 4.91 Å². The van der Waals surface area contributed by atoms with Gasteiger partial charge in [-0.15, -0.1) is 4.91 Å². The predicted octanol–water partition coefficient (Wildman–Crippen LogP) is 1.37. The molecular formula is C6H14N2O2. The Hall–Kier alpha value is -0.640. The molecule has 0 fully saturated rings. The maximum absolute atomic E-state index is 10.1. The third kappa shape index (κ3) is 2.31. The number of methoxy groups -OCH3 is 1. The van der Waals surface area contributed by atoms with Gasteiger partial charge in [-0.05, 0) is 20.8 Å². The van der Waals surface area contributed by atoms with Crippen LogP contribution in [0.15, 0.2) is 5.29 Å². The first kappa shape index (κ1) is 9.36. The van der Waals surface area contributed by atoms with Crippen molar-refractivity contribution < 1.29 is 4.74 Å². The molecule has 0 aliphatic carbocycles. The molecule has 60 valence electrons. The molecule has 0 rings (SSSR count). The molecular weight excluding hydrogens is 132 g/mol. The van der Waals surface area contributed by atoms with E-state index >= 15 is 0 Å². The van der Waals surface area contributed by atoms with E-state index < -0.39 is 0 Å². The van der Waals surface area contributed by atoms with E-state index in [1.54, 1.807) is 14.0 Å². The molecule has 0 radical (unpaired) electrons. The Bertz CT molecular complexity index is 106. The van der Waals surface area contributed by atoms with Gasteiger partial charge in [0.05, 0.1) is 5.29 Å². The van der Waals surface area contributed by atoms with Gasteiger partial charge in [0.2, 0.25) is 0 Å². The number of hydrogen-bond donors (Lipinski definition) is 0. The summed E-state index contributed by atoms with van der Waals surface area (Å²) in [5.41, 5.74) is 0. The monoisotopic (exact) mass is 146 g/mol. The summed E-state index contributed by atoms with van der Waals surface area (Å²) in [7, 11) is 1.55. The third-order valence-electron chi connectivity index (χ3n) is 1.34. The lowest BCUT2D eigenvalue weighted by atomic mass is 10.4. The second-order valence-electron chi connectivity index (χ2n) is 2.39. The van der Waals surface area contributed by atoms with E-state index in [1.807, 2.05) is 13.8 Å². The Morgan fingerprint density at radius 3 is 2.00 bits per heavy atom. The second-order valence-corrected chi connectivity index (χ2v) is 2.39. The minimum Gasteiger partial charge on any atom is -0.360 e. The first-order chi connectivity index (χ1) is 4.63. The molecule has 0 aromatic rings. The molecule has 0 spiro atoms. The summed E-state index contributed by atoms with van der Waals surface area (Å²) >= 11 is 0. The average Bonchev–Trinajstić information content (AvgIpc) is 1.88. The van der Waals surface area contributed by atoms with Gasteiger partial charge in [-0.3, -0.25) is 0 Å². The zero-order valence-electron chi connectivity index (χ0n) is 6.87. The third-order valence-corrected chi connectivity index (χ3v) is 1.34. The molecule has 0 saturated carbocycles. The van der Waals surface area contributed by atoms with Gasteiger partial charge < -0.3 is 4.74 Å². The van der Waals surface area contributed by atoms with Crippen LogP contribution < -0.4 is 0 Å². The van der Waals surface area contributed by atoms with E-state index in [1.165, 1.54) is 5.01 Å². The standard InChI is InChI=1S/C6H14N2O2/c1-5(2)8(7-9)6(3)10-4/h5-6H,1-4H3. The highest BCUT2D eigenvalue weighted by atomic mass is 16.5. The number of hydrogen-bond acceptors (Lipinski definition) is 3. The van der Waals surface area contributed by atoms with Gasteiger partial charge in [-0.2, -0.15) is 0 Å². The van der Waals surface area contributed by atoms with E-state index in [4.69, 9.17) is 4.74 Å². The van der Waals surface area contributed by atoms with E-state index in [2.05, 4.69) is 5.29 Å². The zero-order valence-corrected chi connectivity index (χ0v) is 6.87. The Balaban J connectivity index is 3.92. The summed E-state index contributed by atoms with van der Waals surface area (Å²) in [5.74, 6) is 0. The van der Waals surface area contributed by atoms with Crippen LogP contribution in [0.3, 0.4) is 0 Å². The maximum atomic E-state index is 10.1. The fourth-order valence-electron chi connectivity index (χ4n) is 0.689. The van der Waals surface area contributed by atoms with Gasteiger partial charge in [-0.25, -0.2) is 5.01 Å². The molecule has 0 aliphatic rings. The Morgan fingerprint density at radius 2 is 1.90 bits per heavy atom. The summed E-state index contributed by atoms with van der Waals surface area (Å²) in [4.78, 5) is 10.1. The van der Waals surface area contributed by atoms with Gasteiger partial charge >= 0.3 is 0 Å². The Labute approximate surface area is 61.1 Å². The molecule has 0 aromatic carbocycles. The van der Waals surface area contributed by atoms with Crippen LogP contribution in [0.5, 0.6) is 0 Å². The molecule has 0 N–H and O–H groups in total. The highest BCUT2D eigenvalue weighted by Gasteiger charge is 2.14. The normalized spacial score (nSPS) is 13.3. The Morgan fingerprint density at radius 1 is 1.40 bits per heavy atom. The topological polar surface area (TPSA) is 41.9 Å². The van der Waals surface area contributed by atoms with Crippen LogP contribution >= 0.6 is 0 Å². The van der Waals surface area contributed by atoms with Crippen molar-refractivity contribution >= 4 is 0 Å². The molecule has 1 atom stereocenters. The van der Waals surface area contributed by atoms with Gasteiger partial charge in [0.15, 0.2) is 0 Å². The van der Waals surface area contributed by atoms with Crippen molar-refractivity contribution in [1.29, 1.82) is 0 Å². The highest BCUT2D eigenvalue weighted by molar-refractivity contribution is 4.57. The van der Waals surface area contributed by atoms with Crippen LogP contribution in [-0.2, 0) is 4.74 Å². The fraction of sp³-hybridized carbons (Fsp3) is 1.00. The number of nitrogens with zero attached hydrogens (tertiary/aromatic N) is 2. The molecule has 0 aromatic heterocycles.